The molecular weight excluding hydrogens is 509 g/mol. The Labute approximate surface area is 199 Å². The molecule has 2 N–H and O–H groups in total. The Morgan fingerprint density at radius 1 is 1.29 bits per heavy atom. The molecule has 168 valence electrons. The smallest absolute Gasteiger partial charge is 0.229 e. The highest BCUT2D eigenvalue weighted by atomic mass is 127. The summed E-state index contributed by atoms with van der Waals surface area (Å²) in [5.74, 6) is 2.42. The van der Waals surface area contributed by atoms with E-state index in [9.17, 15) is 4.79 Å². The first-order valence-corrected chi connectivity index (χ1v) is 10.5. The normalized spacial score (nSPS) is 21.3. The predicted molar refractivity (Wildman–Crippen MR) is 130 cm³/mol. The molecule has 3 heterocycles. The van der Waals surface area contributed by atoms with Crippen LogP contribution >= 0.6 is 24.0 Å². The fourth-order valence-corrected chi connectivity index (χ4v) is 3.76. The van der Waals surface area contributed by atoms with Gasteiger partial charge in [0.25, 0.3) is 0 Å². The predicted octanol–water partition coefficient (Wildman–Crippen LogP) is 1.76. The van der Waals surface area contributed by atoms with Crippen LogP contribution in [-0.4, -0.2) is 58.5 Å². The molecule has 2 saturated heterocycles. The van der Waals surface area contributed by atoms with Crippen LogP contribution < -0.4 is 15.5 Å². The summed E-state index contributed by atoms with van der Waals surface area (Å²) >= 11 is 0. The second-order valence-electron chi connectivity index (χ2n) is 7.79. The molecule has 2 atom stereocenters. The number of halogens is 1. The van der Waals surface area contributed by atoms with Gasteiger partial charge in [-0.15, -0.1) is 34.2 Å². The molecule has 4 rings (SSSR count). The Morgan fingerprint density at radius 3 is 2.77 bits per heavy atom. The van der Waals surface area contributed by atoms with Crippen molar-refractivity contribution in [3.05, 3.63) is 42.0 Å². The molecule has 1 aromatic carbocycles. The fourth-order valence-electron chi connectivity index (χ4n) is 3.76. The van der Waals surface area contributed by atoms with Crippen molar-refractivity contribution < 1.29 is 9.53 Å². The van der Waals surface area contributed by atoms with Crippen molar-refractivity contribution in [2.45, 2.75) is 44.9 Å². The van der Waals surface area contributed by atoms with E-state index in [0.29, 0.717) is 32.0 Å². The summed E-state index contributed by atoms with van der Waals surface area (Å²) in [6.45, 7) is 4.42. The van der Waals surface area contributed by atoms with E-state index in [0.717, 1.165) is 36.8 Å². The lowest BCUT2D eigenvalue weighted by Crippen LogP contribution is -2.46. The summed E-state index contributed by atoms with van der Waals surface area (Å²) in [5, 5.41) is 15.1. The molecule has 2 aliphatic heterocycles. The van der Waals surface area contributed by atoms with Gasteiger partial charge in [-0.25, -0.2) is 4.99 Å². The molecule has 0 bridgehead atoms. The number of nitrogens with one attached hydrogen (secondary N) is 2. The van der Waals surface area contributed by atoms with Gasteiger partial charge in [0.05, 0.1) is 12.1 Å². The Kier molecular flexibility index (Phi) is 8.24. The van der Waals surface area contributed by atoms with Crippen molar-refractivity contribution in [2.75, 3.05) is 24.6 Å². The lowest BCUT2D eigenvalue weighted by atomic mass is 10.2. The first-order chi connectivity index (χ1) is 14.6. The van der Waals surface area contributed by atoms with Gasteiger partial charge in [-0.2, -0.15) is 0 Å². The van der Waals surface area contributed by atoms with Gasteiger partial charge in [-0.3, -0.25) is 4.79 Å². The number of rotatable bonds is 6. The number of anilines is 1. The van der Waals surface area contributed by atoms with E-state index in [1.54, 1.807) is 0 Å². The van der Waals surface area contributed by atoms with E-state index in [-0.39, 0.29) is 42.0 Å². The van der Waals surface area contributed by atoms with Gasteiger partial charge in [0.15, 0.2) is 11.8 Å². The Hall–Kier alpha value is -2.21. The maximum atomic E-state index is 12.5. The quantitative estimate of drug-likeness (QED) is 0.330. The lowest BCUT2D eigenvalue weighted by Gasteiger charge is -2.20. The molecule has 1 amide bonds. The van der Waals surface area contributed by atoms with Crippen LogP contribution in [0.5, 0.6) is 0 Å². The number of amides is 1. The van der Waals surface area contributed by atoms with Crippen molar-refractivity contribution in [1.82, 2.24) is 25.4 Å². The molecule has 0 saturated carbocycles. The topological polar surface area (TPSA) is 96.7 Å². The standard InChI is InChI=1S/C21H29N7O2.HI/c1-15-25-26-19(27(15)2)13-23-21(22-12-18-9-6-10-30-18)24-16-11-20(29)28(14-16)17-7-4-3-5-8-17;/h3-5,7-8,16,18H,6,9-14H2,1-2H3,(H2,22,23,24);1H. The highest BCUT2D eigenvalue weighted by Gasteiger charge is 2.31. The van der Waals surface area contributed by atoms with Crippen LogP contribution in [0.2, 0.25) is 0 Å². The van der Waals surface area contributed by atoms with Gasteiger partial charge in [0, 0.05) is 38.9 Å². The zero-order valence-electron chi connectivity index (χ0n) is 18.0. The van der Waals surface area contributed by atoms with Crippen LogP contribution in [-0.2, 0) is 23.1 Å². The second kappa shape index (κ2) is 10.9. The number of carbonyl (C=O) groups excluding carboxylic acids is 1. The number of benzene rings is 1. The van der Waals surface area contributed by atoms with Crippen molar-refractivity contribution in [1.29, 1.82) is 0 Å². The monoisotopic (exact) mass is 539 g/mol. The molecule has 0 radical (unpaired) electrons. The third kappa shape index (κ3) is 5.94. The molecule has 2 aromatic rings. The number of para-hydroxylation sites is 1. The van der Waals surface area contributed by atoms with Gasteiger partial charge < -0.3 is 24.8 Å². The number of guanidine groups is 1. The number of ether oxygens (including phenoxy) is 1. The van der Waals surface area contributed by atoms with Crippen LogP contribution in [0.3, 0.4) is 0 Å². The van der Waals surface area contributed by atoms with E-state index in [2.05, 4.69) is 20.8 Å². The van der Waals surface area contributed by atoms with Crippen LogP contribution in [0.4, 0.5) is 5.69 Å². The van der Waals surface area contributed by atoms with Crippen molar-refractivity contribution in [2.24, 2.45) is 12.0 Å². The molecule has 2 unspecified atom stereocenters. The summed E-state index contributed by atoms with van der Waals surface area (Å²) in [6.07, 6.45) is 2.76. The Balaban J connectivity index is 0.00000272. The summed E-state index contributed by atoms with van der Waals surface area (Å²) in [7, 11) is 1.93. The molecule has 0 spiro atoms. The zero-order chi connectivity index (χ0) is 20.9. The van der Waals surface area contributed by atoms with E-state index < -0.39 is 0 Å². The summed E-state index contributed by atoms with van der Waals surface area (Å²) in [5.41, 5.74) is 0.923. The molecule has 31 heavy (non-hydrogen) atoms. The Morgan fingerprint density at radius 2 is 2.10 bits per heavy atom. The van der Waals surface area contributed by atoms with Gasteiger partial charge in [-0.05, 0) is 31.9 Å². The first-order valence-electron chi connectivity index (χ1n) is 10.5. The number of nitrogens with zero attached hydrogens (tertiary/aromatic N) is 5. The van der Waals surface area contributed by atoms with Crippen LogP contribution in [0.1, 0.15) is 30.9 Å². The summed E-state index contributed by atoms with van der Waals surface area (Å²) in [4.78, 5) is 19.1. The van der Waals surface area contributed by atoms with Gasteiger partial charge in [0.2, 0.25) is 5.91 Å². The summed E-state index contributed by atoms with van der Waals surface area (Å²) in [6, 6.07) is 9.75. The fraction of sp³-hybridized carbons (Fsp3) is 0.524. The average molecular weight is 539 g/mol. The molecule has 2 fully saturated rings. The second-order valence-corrected chi connectivity index (χ2v) is 7.79. The molecule has 1 aromatic heterocycles. The number of hydrogen-bond acceptors (Lipinski definition) is 5. The van der Waals surface area contributed by atoms with E-state index in [1.807, 2.05) is 53.8 Å². The minimum absolute atomic E-state index is 0. The van der Waals surface area contributed by atoms with Crippen LogP contribution in [0, 0.1) is 6.92 Å². The number of carbonyl (C=O) groups is 1. The minimum atomic E-state index is -0.0188. The maximum absolute atomic E-state index is 12.5. The van der Waals surface area contributed by atoms with Gasteiger partial charge >= 0.3 is 0 Å². The maximum Gasteiger partial charge on any atom is 0.229 e. The lowest BCUT2D eigenvalue weighted by molar-refractivity contribution is -0.117. The highest BCUT2D eigenvalue weighted by Crippen LogP contribution is 2.21. The number of aromatic nitrogens is 3. The molecule has 9 nitrogen and oxygen atoms in total. The van der Waals surface area contributed by atoms with Crippen LogP contribution in [0.15, 0.2) is 35.3 Å². The van der Waals surface area contributed by atoms with E-state index in [4.69, 9.17) is 9.73 Å². The summed E-state index contributed by atoms with van der Waals surface area (Å²) < 4.78 is 7.64. The molecule has 0 aliphatic carbocycles. The average Bonchev–Trinajstić information content (AvgIpc) is 3.47. The minimum Gasteiger partial charge on any atom is -0.376 e. The largest absolute Gasteiger partial charge is 0.376 e. The van der Waals surface area contributed by atoms with Crippen molar-refractivity contribution in [3.8, 4) is 0 Å². The van der Waals surface area contributed by atoms with E-state index >= 15 is 0 Å². The van der Waals surface area contributed by atoms with Gasteiger partial charge in [-0.1, -0.05) is 18.2 Å². The SMILES string of the molecule is Cc1nnc(CN=C(NCC2CCCO2)NC2CC(=O)N(c3ccccc3)C2)n1C.I. The van der Waals surface area contributed by atoms with Crippen molar-refractivity contribution in [3.63, 3.8) is 0 Å². The number of hydrogen-bond donors (Lipinski definition) is 2. The first kappa shape index (κ1) is 23.5. The van der Waals surface area contributed by atoms with Crippen molar-refractivity contribution >= 4 is 41.5 Å². The zero-order valence-corrected chi connectivity index (χ0v) is 20.3. The third-order valence-corrected chi connectivity index (χ3v) is 5.62. The van der Waals surface area contributed by atoms with E-state index in [1.165, 1.54) is 0 Å². The molecule has 2 aliphatic rings. The molecular formula is C21H30IN7O2. The third-order valence-electron chi connectivity index (χ3n) is 5.62. The molecule has 10 heteroatoms. The number of aliphatic imine (C=N–C) groups is 1. The highest BCUT2D eigenvalue weighted by molar-refractivity contribution is 14.0. The van der Waals surface area contributed by atoms with Gasteiger partial charge in [0.1, 0.15) is 12.4 Å². The number of aryl methyl sites for hydroxylation is 1. The van der Waals surface area contributed by atoms with Crippen LogP contribution in [0.25, 0.3) is 0 Å². The Bertz CT molecular complexity index is 896.